The van der Waals surface area contributed by atoms with Crippen LogP contribution in [-0.2, 0) is 4.79 Å². The highest BCUT2D eigenvalue weighted by atomic mass is 35.5. The number of amides is 1. The summed E-state index contributed by atoms with van der Waals surface area (Å²) in [7, 11) is 0. The Hall–Kier alpha value is -2.66. The van der Waals surface area contributed by atoms with E-state index in [0.29, 0.717) is 22.4 Å². The molecule has 23 heavy (non-hydrogen) atoms. The summed E-state index contributed by atoms with van der Waals surface area (Å²) in [6.45, 7) is 1.64. The largest absolute Gasteiger partial charge is 0.467 e. The van der Waals surface area contributed by atoms with Gasteiger partial charge in [0.25, 0.3) is 5.91 Å². The Morgan fingerprint density at radius 2 is 2.00 bits per heavy atom. The number of halogens is 1. The summed E-state index contributed by atoms with van der Waals surface area (Å²) >= 11 is 5.88. The number of nitrogens with one attached hydrogen (secondary N) is 1. The molecule has 3 rings (SSSR count). The first-order chi connectivity index (χ1) is 11.1. The Morgan fingerprint density at radius 1 is 1.17 bits per heavy atom. The number of carbonyl (C=O) groups is 1. The lowest BCUT2D eigenvalue weighted by atomic mass is 10.2. The Morgan fingerprint density at radius 3 is 2.83 bits per heavy atom. The van der Waals surface area contributed by atoms with Gasteiger partial charge in [0, 0.05) is 10.7 Å². The van der Waals surface area contributed by atoms with Gasteiger partial charge in [0.15, 0.2) is 6.61 Å². The smallest absolute Gasteiger partial charge is 0.262 e. The van der Waals surface area contributed by atoms with Gasteiger partial charge in [-0.05, 0) is 37.3 Å². The van der Waals surface area contributed by atoms with Crippen LogP contribution in [0.4, 0.5) is 5.69 Å². The van der Waals surface area contributed by atoms with Crippen molar-refractivity contribution in [3.63, 3.8) is 0 Å². The Balaban J connectivity index is 1.72. The molecular formula is C17H14ClN3O2. The lowest BCUT2D eigenvalue weighted by molar-refractivity contribution is -0.118. The summed E-state index contributed by atoms with van der Waals surface area (Å²) in [6, 6.07) is 14.4. The van der Waals surface area contributed by atoms with Gasteiger partial charge in [-0.15, -0.1) is 0 Å². The van der Waals surface area contributed by atoms with E-state index in [1.165, 1.54) is 0 Å². The van der Waals surface area contributed by atoms with Gasteiger partial charge in [-0.3, -0.25) is 4.79 Å². The number of hydrogen-bond acceptors (Lipinski definition) is 4. The molecule has 1 amide bonds. The number of aromatic nitrogens is 2. The third-order valence-corrected chi connectivity index (χ3v) is 3.36. The minimum atomic E-state index is -0.285. The highest BCUT2D eigenvalue weighted by molar-refractivity contribution is 6.30. The molecule has 2 aromatic carbocycles. The fourth-order valence-corrected chi connectivity index (χ4v) is 2.36. The molecular weight excluding hydrogens is 314 g/mol. The Bertz CT molecular complexity index is 867. The fourth-order valence-electron chi connectivity index (χ4n) is 2.17. The summed E-state index contributed by atoms with van der Waals surface area (Å²) in [5.41, 5.74) is 1.40. The topological polar surface area (TPSA) is 64.1 Å². The van der Waals surface area contributed by atoms with Gasteiger partial charge >= 0.3 is 0 Å². The zero-order valence-corrected chi connectivity index (χ0v) is 13.2. The number of rotatable bonds is 4. The lowest BCUT2D eigenvalue weighted by Crippen LogP contribution is -2.20. The van der Waals surface area contributed by atoms with E-state index in [1.54, 1.807) is 31.2 Å². The monoisotopic (exact) mass is 327 g/mol. The summed E-state index contributed by atoms with van der Waals surface area (Å²) in [4.78, 5) is 20.6. The van der Waals surface area contributed by atoms with E-state index in [2.05, 4.69) is 15.3 Å². The van der Waals surface area contributed by atoms with Crippen molar-refractivity contribution in [2.75, 3.05) is 11.9 Å². The van der Waals surface area contributed by atoms with Crippen LogP contribution >= 0.6 is 11.6 Å². The molecule has 1 N–H and O–H groups in total. The summed E-state index contributed by atoms with van der Waals surface area (Å²) in [6.07, 6.45) is 0. The highest BCUT2D eigenvalue weighted by Crippen LogP contribution is 2.22. The second-order valence-electron chi connectivity index (χ2n) is 4.94. The third-order valence-electron chi connectivity index (χ3n) is 3.13. The van der Waals surface area contributed by atoms with Crippen molar-refractivity contribution in [1.82, 2.24) is 9.97 Å². The van der Waals surface area contributed by atoms with Gasteiger partial charge in [0.1, 0.15) is 5.82 Å². The standard InChI is InChI=1S/C17H14ClN3O2/c1-11-19-15-8-3-2-7-14(15)17(20-11)23-10-16(22)21-13-6-4-5-12(18)9-13/h2-9H,10H2,1H3,(H,21,22). The van der Waals surface area contributed by atoms with Crippen LogP contribution in [0.1, 0.15) is 5.82 Å². The molecule has 0 saturated heterocycles. The van der Waals surface area contributed by atoms with Crippen molar-refractivity contribution >= 4 is 34.1 Å². The van der Waals surface area contributed by atoms with Crippen LogP contribution in [-0.4, -0.2) is 22.5 Å². The second kappa shape index (κ2) is 6.62. The molecule has 5 nitrogen and oxygen atoms in total. The zero-order chi connectivity index (χ0) is 16.2. The molecule has 0 aliphatic rings. The number of anilines is 1. The van der Waals surface area contributed by atoms with Crippen LogP contribution in [0, 0.1) is 6.92 Å². The molecule has 0 bridgehead atoms. The van der Waals surface area contributed by atoms with E-state index in [9.17, 15) is 4.79 Å². The van der Waals surface area contributed by atoms with E-state index in [0.717, 1.165) is 10.9 Å². The van der Waals surface area contributed by atoms with E-state index in [4.69, 9.17) is 16.3 Å². The molecule has 116 valence electrons. The lowest BCUT2D eigenvalue weighted by Gasteiger charge is -2.09. The predicted octanol–water partition coefficient (Wildman–Crippen LogP) is 3.61. The maximum absolute atomic E-state index is 12.0. The van der Waals surface area contributed by atoms with Gasteiger partial charge in [0.2, 0.25) is 5.88 Å². The van der Waals surface area contributed by atoms with Gasteiger partial charge in [0.05, 0.1) is 10.9 Å². The number of aryl methyl sites for hydroxylation is 1. The van der Waals surface area contributed by atoms with Crippen LogP contribution in [0.25, 0.3) is 10.9 Å². The molecule has 0 aliphatic carbocycles. The molecule has 3 aromatic rings. The average molecular weight is 328 g/mol. The third kappa shape index (κ3) is 3.76. The van der Waals surface area contributed by atoms with Gasteiger partial charge < -0.3 is 10.1 Å². The quantitative estimate of drug-likeness (QED) is 0.795. The van der Waals surface area contributed by atoms with Gasteiger partial charge in [-0.1, -0.05) is 29.8 Å². The molecule has 0 aliphatic heterocycles. The van der Waals surface area contributed by atoms with Crippen molar-refractivity contribution < 1.29 is 9.53 Å². The first kappa shape index (κ1) is 15.2. The molecule has 1 aromatic heterocycles. The van der Waals surface area contributed by atoms with E-state index < -0.39 is 0 Å². The molecule has 0 atom stereocenters. The fraction of sp³-hybridized carbons (Fsp3) is 0.118. The highest BCUT2D eigenvalue weighted by Gasteiger charge is 2.09. The van der Waals surface area contributed by atoms with Crippen LogP contribution in [0.15, 0.2) is 48.5 Å². The van der Waals surface area contributed by atoms with Crippen molar-refractivity contribution in [3.8, 4) is 5.88 Å². The molecule has 1 heterocycles. The van der Waals surface area contributed by atoms with Crippen LogP contribution in [0.3, 0.4) is 0 Å². The molecule has 6 heteroatoms. The van der Waals surface area contributed by atoms with Crippen molar-refractivity contribution in [2.45, 2.75) is 6.92 Å². The first-order valence-electron chi connectivity index (χ1n) is 7.03. The van der Waals surface area contributed by atoms with Crippen molar-refractivity contribution in [2.24, 2.45) is 0 Å². The molecule has 0 spiro atoms. The van der Waals surface area contributed by atoms with Crippen molar-refractivity contribution in [3.05, 3.63) is 59.4 Å². The number of carbonyl (C=O) groups excluding carboxylic acids is 1. The molecule has 0 radical (unpaired) electrons. The first-order valence-corrected chi connectivity index (χ1v) is 7.41. The number of para-hydroxylation sites is 1. The van der Waals surface area contributed by atoms with Crippen LogP contribution in [0.2, 0.25) is 5.02 Å². The minimum Gasteiger partial charge on any atom is -0.467 e. The Labute approximate surface area is 138 Å². The maximum Gasteiger partial charge on any atom is 0.262 e. The minimum absolute atomic E-state index is 0.146. The number of nitrogens with zero attached hydrogens (tertiary/aromatic N) is 2. The van der Waals surface area contributed by atoms with E-state index in [1.807, 2.05) is 24.3 Å². The summed E-state index contributed by atoms with van der Waals surface area (Å²) in [5, 5.41) is 4.05. The molecule has 0 unspecified atom stereocenters. The van der Waals surface area contributed by atoms with Crippen LogP contribution < -0.4 is 10.1 Å². The molecule has 0 fully saturated rings. The van der Waals surface area contributed by atoms with Gasteiger partial charge in [-0.25, -0.2) is 4.98 Å². The summed E-state index contributed by atoms with van der Waals surface area (Å²) in [5.74, 6) is 0.705. The number of fused-ring (bicyclic) bond motifs is 1. The normalized spacial score (nSPS) is 10.5. The SMILES string of the molecule is Cc1nc(OCC(=O)Nc2cccc(Cl)c2)c2ccccc2n1. The van der Waals surface area contributed by atoms with E-state index in [-0.39, 0.29) is 12.5 Å². The second-order valence-corrected chi connectivity index (χ2v) is 5.38. The maximum atomic E-state index is 12.0. The number of benzene rings is 2. The number of hydrogen-bond donors (Lipinski definition) is 1. The Kier molecular flexibility index (Phi) is 4.39. The van der Waals surface area contributed by atoms with Gasteiger partial charge in [-0.2, -0.15) is 4.98 Å². The van der Waals surface area contributed by atoms with Crippen LogP contribution in [0.5, 0.6) is 5.88 Å². The zero-order valence-electron chi connectivity index (χ0n) is 12.4. The van der Waals surface area contributed by atoms with E-state index >= 15 is 0 Å². The average Bonchev–Trinajstić information content (AvgIpc) is 2.52. The predicted molar refractivity (Wildman–Crippen MR) is 89.9 cm³/mol. The number of ether oxygens (including phenoxy) is 1. The molecule has 0 saturated carbocycles. The van der Waals surface area contributed by atoms with Crippen molar-refractivity contribution in [1.29, 1.82) is 0 Å². The summed E-state index contributed by atoms with van der Waals surface area (Å²) < 4.78 is 5.57.